The molecular formula is C15H14O4. The second-order valence-corrected chi connectivity index (χ2v) is 4.35. The van der Waals surface area contributed by atoms with Crippen molar-refractivity contribution in [3.63, 3.8) is 0 Å². The Bertz CT molecular complexity index is 600. The number of hydrogen-bond donors (Lipinski definition) is 0. The fourth-order valence-corrected chi connectivity index (χ4v) is 2.01. The third kappa shape index (κ3) is 2.21. The van der Waals surface area contributed by atoms with E-state index in [1.807, 2.05) is 31.2 Å². The summed E-state index contributed by atoms with van der Waals surface area (Å²) >= 11 is 0. The van der Waals surface area contributed by atoms with E-state index in [2.05, 4.69) is 0 Å². The summed E-state index contributed by atoms with van der Waals surface area (Å²) in [7, 11) is 0. The lowest BCUT2D eigenvalue weighted by Crippen LogP contribution is -2.36. The number of furan rings is 1. The van der Waals surface area contributed by atoms with Crippen molar-refractivity contribution in [2.45, 2.75) is 19.4 Å². The van der Waals surface area contributed by atoms with Gasteiger partial charge in [-0.2, -0.15) is 0 Å². The van der Waals surface area contributed by atoms with E-state index >= 15 is 0 Å². The van der Waals surface area contributed by atoms with Gasteiger partial charge in [0.15, 0.2) is 23.4 Å². The highest BCUT2D eigenvalue weighted by molar-refractivity contribution is 5.97. The standard InChI is InChI=1S/C15H14O4/c1-2-10-7-8-13(18-10)15(16)14-9-17-11-5-3-4-6-12(11)19-14/h3-8,14H,2,9H2,1H3. The smallest absolute Gasteiger partial charge is 0.241 e. The molecule has 3 rings (SSSR count). The number of ether oxygens (including phenoxy) is 2. The van der Waals surface area contributed by atoms with Crippen molar-refractivity contribution >= 4 is 5.78 Å². The third-order valence-electron chi connectivity index (χ3n) is 3.05. The van der Waals surface area contributed by atoms with Gasteiger partial charge in [0, 0.05) is 6.42 Å². The Hall–Kier alpha value is -2.23. The van der Waals surface area contributed by atoms with Crippen LogP contribution in [0.1, 0.15) is 23.2 Å². The molecule has 4 heteroatoms. The first-order valence-corrected chi connectivity index (χ1v) is 6.29. The molecule has 0 radical (unpaired) electrons. The molecule has 1 aliphatic heterocycles. The second-order valence-electron chi connectivity index (χ2n) is 4.35. The lowest BCUT2D eigenvalue weighted by molar-refractivity contribution is 0.0558. The molecule has 0 saturated heterocycles. The maximum absolute atomic E-state index is 12.2. The first kappa shape index (κ1) is 11.8. The van der Waals surface area contributed by atoms with E-state index in [9.17, 15) is 4.79 Å². The summed E-state index contributed by atoms with van der Waals surface area (Å²) in [5.74, 6) is 2.19. The fraction of sp³-hybridized carbons (Fsp3) is 0.267. The predicted octanol–water partition coefficient (Wildman–Crippen LogP) is 2.86. The Morgan fingerprint density at radius 2 is 2.00 bits per heavy atom. The molecule has 1 aliphatic rings. The van der Waals surface area contributed by atoms with Gasteiger partial charge in [-0.15, -0.1) is 0 Å². The summed E-state index contributed by atoms with van der Waals surface area (Å²) in [6.45, 7) is 2.18. The Labute approximate surface area is 110 Å². The maximum Gasteiger partial charge on any atom is 0.241 e. The van der Waals surface area contributed by atoms with Gasteiger partial charge in [0.2, 0.25) is 5.78 Å². The van der Waals surface area contributed by atoms with E-state index in [0.29, 0.717) is 17.3 Å². The van der Waals surface area contributed by atoms with E-state index in [1.54, 1.807) is 12.1 Å². The summed E-state index contributed by atoms with van der Waals surface area (Å²) in [6.07, 6.45) is 0.115. The highest BCUT2D eigenvalue weighted by Gasteiger charge is 2.29. The van der Waals surface area contributed by atoms with Crippen molar-refractivity contribution in [2.24, 2.45) is 0 Å². The maximum atomic E-state index is 12.2. The lowest BCUT2D eigenvalue weighted by atomic mass is 10.1. The quantitative estimate of drug-likeness (QED) is 0.794. The minimum atomic E-state index is -0.647. The molecule has 98 valence electrons. The largest absolute Gasteiger partial charge is 0.485 e. The predicted molar refractivity (Wildman–Crippen MR) is 68.8 cm³/mol. The molecule has 0 N–H and O–H groups in total. The van der Waals surface area contributed by atoms with Crippen LogP contribution in [-0.2, 0) is 6.42 Å². The molecule has 2 heterocycles. The number of rotatable bonds is 3. The van der Waals surface area contributed by atoms with Gasteiger partial charge < -0.3 is 13.9 Å². The van der Waals surface area contributed by atoms with Gasteiger partial charge in [0.05, 0.1) is 0 Å². The monoisotopic (exact) mass is 258 g/mol. The molecule has 2 aromatic rings. The highest BCUT2D eigenvalue weighted by atomic mass is 16.6. The van der Waals surface area contributed by atoms with Crippen LogP contribution in [0.5, 0.6) is 11.5 Å². The zero-order chi connectivity index (χ0) is 13.2. The van der Waals surface area contributed by atoms with E-state index in [4.69, 9.17) is 13.9 Å². The van der Waals surface area contributed by atoms with E-state index in [1.165, 1.54) is 0 Å². The molecule has 0 aliphatic carbocycles. The molecule has 0 saturated carbocycles. The summed E-state index contributed by atoms with van der Waals surface area (Å²) in [5.41, 5.74) is 0. The van der Waals surface area contributed by atoms with Crippen LogP contribution in [0.4, 0.5) is 0 Å². The zero-order valence-corrected chi connectivity index (χ0v) is 10.6. The van der Waals surface area contributed by atoms with Crippen molar-refractivity contribution in [2.75, 3.05) is 6.61 Å². The SMILES string of the molecule is CCc1ccc(C(=O)C2COc3ccccc3O2)o1. The van der Waals surface area contributed by atoms with Gasteiger partial charge in [-0.05, 0) is 24.3 Å². The van der Waals surface area contributed by atoms with Crippen molar-refractivity contribution in [3.8, 4) is 11.5 Å². The van der Waals surface area contributed by atoms with Gasteiger partial charge in [0.25, 0.3) is 0 Å². The van der Waals surface area contributed by atoms with Gasteiger partial charge in [-0.1, -0.05) is 19.1 Å². The van der Waals surface area contributed by atoms with Crippen molar-refractivity contribution in [1.29, 1.82) is 0 Å². The zero-order valence-electron chi connectivity index (χ0n) is 10.6. The number of ketones is 1. The van der Waals surface area contributed by atoms with Crippen molar-refractivity contribution in [1.82, 2.24) is 0 Å². The van der Waals surface area contributed by atoms with Crippen LogP contribution in [0.3, 0.4) is 0 Å². The Balaban J connectivity index is 1.79. The molecule has 4 nitrogen and oxygen atoms in total. The average Bonchev–Trinajstić information content (AvgIpc) is 2.95. The van der Waals surface area contributed by atoms with E-state index < -0.39 is 6.10 Å². The molecule has 1 unspecified atom stereocenters. The summed E-state index contributed by atoms with van der Waals surface area (Å²) in [5, 5.41) is 0. The molecule has 1 atom stereocenters. The first-order chi connectivity index (χ1) is 9.28. The number of carbonyl (C=O) groups is 1. The third-order valence-corrected chi connectivity index (χ3v) is 3.05. The topological polar surface area (TPSA) is 48.7 Å². The van der Waals surface area contributed by atoms with Gasteiger partial charge in [-0.3, -0.25) is 4.79 Å². The van der Waals surface area contributed by atoms with Gasteiger partial charge in [0.1, 0.15) is 12.4 Å². The number of Topliss-reactive ketones (excluding diaryl/α,β-unsaturated/α-hetero) is 1. The lowest BCUT2D eigenvalue weighted by Gasteiger charge is -2.24. The van der Waals surface area contributed by atoms with Crippen LogP contribution in [0.2, 0.25) is 0 Å². The highest BCUT2D eigenvalue weighted by Crippen LogP contribution is 2.31. The van der Waals surface area contributed by atoms with Crippen LogP contribution >= 0.6 is 0 Å². The average molecular weight is 258 g/mol. The van der Waals surface area contributed by atoms with E-state index in [-0.39, 0.29) is 12.4 Å². The van der Waals surface area contributed by atoms with Crippen molar-refractivity contribution < 1.29 is 18.7 Å². The molecule has 0 fully saturated rings. The van der Waals surface area contributed by atoms with Crippen LogP contribution in [-0.4, -0.2) is 18.5 Å². The molecular weight excluding hydrogens is 244 g/mol. The van der Waals surface area contributed by atoms with Crippen LogP contribution in [0, 0.1) is 0 Å². The first-order valence-electron chi connectivity index (χ1n) is 6.29. The Morgan fingerprint density at radius 3 is 2.74 bits per heavy atom. The second kappa shape index (κ2) is 4.80. The molecule has 0 spiro atoms. The summed E-state index contributed by atoms with van der Waals surface area (Å²) in [4.78, 5) is 12.2. The number of para-hydroxylation sites is 2. The normalized spacial score (nSPS) is 17.2. The number of benzene rings is 1. The molecule has 1 aromatic heterocycles. The number of hydrogen-bond acceptors (Lipinski definition) is 4. The summed E-state index contributed by atoms with van der Waals surface area (Å²) < 4.78 is 16.6. The molecule has 19 heavy (non-hydrogen) atoms. The Kier molecular flexibility index (Phi) is 2.99. The summed E-state index contributed by atoms with van der Waals surface area (Å²) in [6, 6.07) is 10.8. The minimum absolute atomic E-state index is 0.186. The molecule has 1 aromatic carbocycles. The fourth-order valence-electron chi connectivity index (χ4n) is 2.01. The molecule has 0 amide bonds. The van der Waals surface area contributed by atoms with E-state index in [0.717, 1.165) is 12.2 Å². The Morgan fingerprint density at radius 1 is 1.21 bits per heavy atom. The number of aryl methyl sites for hydroxylation is 1. The van der Waals surface area contributed by atoms with Crippen molar-refractivity contribution in [3.05, 3.63) is 47.9 Å². The van der Waals surface area contributed by atoms with Crippen LogP contribution in [0.15, 0.2) is 40.8 Å². The number of fused-ring (bicyclic) bond motifs is 1. The number of carbonyl (C=O) groups excluding carboxylic acids is 1. The van der Waals surface area contributed by atoms with Crippen LogP contribution < -0.4 is 9.47 Å². The minimum Gasteiger partial charge on any atom is -0.485 e. The van der Waals surface area contributed by atoms with Crippen LogP contribution in [0.25, 0.3) is 0 Å². The van der Waals surface area contributed by atoms with Gasteiger partial charge >= 0.3 is 0 Å². The van der Waals surface area contributed by atoms with Gasteiger partial charge in [-0.25, -0.2) is 0 Å². The molecule has 0 bridgehead atoms.